The van der Waals surface area contributed by atoms with Crippen molar-refractivity contribution in [1.82, 2.24) is 14.6 Å². The maximum atomic E-state index is 13.0. The van der Waals surface area contributed by atoms with Crippen molar-refractivity contribution in [2.75, 3.05) is 0 Å². The summed E-state index contributed by atoms with van der Waals surface area (Å²) in [6.07, 6.45) is 1.93. The molecular weight excluding hydrogens is 353 g/mol. The molecule has 2 aromatic carbocycles. The lowest BCUT2D eigenvalue weighted by atomic mass is 10.1. The van der Waals surface area contributed by atoms with Crippen molar-refractivity contribution in [3.8, 4) is 0 Å². The summed E-state index contributed by atoms with van der Waals surface area (Å²) in [4.78, 5) is 29.0. The zero-order valence-corrected chi connectivity index (χ0v) is 14.2. The lowest BCUT2D eigenvalue weighted by Crippen LogP contribution is -2.28. The summed E-state index contributed by atoms with van der Waals surface area (Å²) >= 11 is 1.12. The molecule has 5 nitrogen and oxygen atoms in total. The zero-order chi connectivity index (χ0) is 18.1. The number of hydrogen-bond donors (Lipinski definition) is 0. The first-order valence-corrected chi connectivity index (χ1v) is 8.66. The minimum Gasteiger partial charge on any atom is -0.266 e. The number of hydrogen-bond acceptors (Lipinski definition) is 5. The molecule has 0 N–H and O–H groups in total. The van der Waals surface area contributed by atoms with Gasteiger partial charge in [-0.3, -0.25) is 9.59 Å². The molecule has 0 saturated heterocycles. The van der Waals surface area contributed by atoms with Crippen LogP contribution in [0.3, 0.4) is 0 Å². The van der Waals surface area contributed by atoms with E-state index in [1.807, 2.05) is 30.3 Å². The minimum atomic E-state index is -0.484. The fourth-order valence-electron chi connectivity index (χ4n) is 2.55. The highest BCUT2D eigenvalue weighted by Gasteiger charge is 2.11. The molecule has 7 heteroatoms. The van der Waals surface area contributed by atoms with Crippen LogP contribution in [0.2, 0.25) is 0 Å². The lowest BCUT2D eigenvalue weighted by Gasteiger charge is -2.00. The van der Waals surface area contributed by atoms with Gasteiger partial charge in [0.1, 0.15) is 11.5 Å². The third-order valence-corrected chi connectivity index (χ3v) is 4.79. The van der Waals surface area contributed by atoms with Gasteiger partial charge >= 0.3 is 0 Å². The van der Waals surface area contributed by atoms with Crippen molar-refractivity contribution in [3.63, 3.8) is 0 Å². The van der Waals surface area contributed by atoms with Gasteiger partial charge in [-0.15, -0.1) is 0 Å². The van der Waals surface area contributed by atoms with Gasteiger partial charge in [0.05, 0.1) is 4.53 Å². The molecule has 26 heavy (non-hydrogen) atoms. The molecule has 4 rings (SSSR count). The first-order chi connectivity index (χ1) is 12.6. The van der Waals surface area contributed by atoms with E-state index < -0.39 is 5.56 Å². The van der Waals surface area contributed by atoms with E-state index in [9.17, 15) is 14.0 Å². The standard InChI is InChI=1S/C19H12FN3O2S/c20-14-8-6-13(7-9-14)10-15-17(24)21-19-23(22-15)18(25)16(26-19)11-12-4-2-1-3-5-12/h1-9,11H,10H2. The van der Waals surface area contributed by atoms with Crippen LogP contribution in [0.4, 0.5) is 4.39 Å². The van der Waals surface area contributed by atoms with E-state index >= 15 is 0 Å². The number of aromatic nitrogens is 3. The van der Waals surface area contributed by atoms with Crippen LogP contribution in [0.25, 0.3) is 11.0 Å². The fraction of sp³-hybridized carbons (Fsp3) is 0.0526. The van der Waals surface area contributed by atoms with Crippen molar-refractivity contribution in [2.24, 2.45) is 0 Å². The van der Waals surface area contributed by atoms with Crippen LogP contribution in [-0.2, 0) is 6.42 Å². The molecule has 128 valence electrons. The molecule has 0 atom stereocenters. The third-order valence-electron chi connectivity index (χ3n) is 3.83. The van der Waals surface area contributed by atoms with Crippen molar-refractivity contribution in [3.05, 3.63) is 102 Å². The van der Waals surface area contributed by atoms with Crippen LogP contribution in [0, 0.1) is 5.82 Å². The molecule has 0 unspecified atom stereocenters. The second-order valence-electron chi connectivity index (χ2n) is 5.69. The maximum Gasteiger partial charge on any atom is 0.296 e. The Kier molecular flexibility index (Phi) is 4.14. The van der Waals surface area contributed by atoms with Crippen LogP contribution in [0.15, 0.2) is 64.2 Å². The quantitative estimate of drug-likeness (QED) is 0.555. The average molecular weight is 365 g/mol. The number of thiazole rings is 1. The minimum absolute atomic E-state index is 0.148. The molecule has 0 bridgehead atoms. The number of benzene rings is 2. The van der Waals surface area contributed by atoms with E-state index in [4.69, 9.17) is 0 Å². The Morgan fingerprint density at radius 2 is 1.77 bits per heavy atom. The van der Waals surface area contributed by atoms with Gasteiger partial charge in [0.25, 0.3) is 11.1 Å². The van der Waals surface area contributed by atoms with E-state index in [2.05, 4.69) is 10.1 Å². The largest absolute Gasteiger partial charge is 0.296 e. The maximum absolute atomic E-state index is 13.0. The van der Waals surface area contributed by atoms with Crippen LogP contribution in [0.1, 0.15) is 16.8 Å². The summed E-state index contributed by atoms with van der Waals surface area (Å²) in [5.41, 5.74) is 0.945. The molecule has 0 spiro atoms. The molecule has 0 radical (unpaired) electrons. The second-order valence-corrected chi connectivity index (χ2v) is 6.70. The summed E-state index contributed by atoms with van der Waals surface area (Å²) in [6.45, 7) is 0. The van der Waals surface area contributed by atoms with Crippen molar-refractivity contribution < 1.29 is 4.39 Å². The van der Waals surface area contributed by atoms with Crippen molar-refractivity contribution in [1.29, 1.82) is 0 Å². The lowest BCUT2D eigenvalue weighted by molar-refractivity contribution is 0.627. The molecule has 0 aliphatic heterocycles. The Labute approximate surface area is 150 Å². The topological polar surface area (TPSA) is 64.3 Å². The van der Waals surface area contributed by atoms with E-state index in [-0.39, 0.29) is 28.5 Å². The Morgan fingerprint density at radius 3 is 2.50 bits per heavy atom. The molecule has 0 amide bonds. The summed E-state index contributed by atoms with van der Waals surface area (Å²) in [5, 5.41) is 4.18. The highest BCUT2D eigenvalue weighted by molar-refractivity contribution is 7.15. The number of nitrogens with zero attached hydrogens (tertiary/aromatic N) is 3. The van der Waals surface area contributed by atoms with Gasteiger partial charge in [0.15, 0.2) is 0 Å². The van der Waals surface area contributed by atoms with E-state index in [1.54, 1.807) is 18.2 Å². The smallest absolute Gasteiger partial charge is 0.266 e. The van der Waals surface area contributed by atoms with Crippen LogP contribution in [-0.4, -0.2) is 14.6 Å². The van der Waals surface area contributed by atoms with Crippen LogP contribution in [0.5, 0.6) is 0 Å². The van der Waals surface area contributed by atoms with E-state index in [1.165, 1.54) is 12.1 Å². The Balaban J connectivity index is 1.80. The number of halogens is 1. The van der Waals surface area contributed by atoms with Gasteiger partial charge in [-0.25, -0.2) is 4.39 Å². The normalized spacial score (nSPS) is 12.0. The van der Waals surface area contributed by atoms with E-state index in [0.29, 0.717) is 4.53 Å². The molecule has 4 aromatic rings. The summed E-state index contributed by atoms with van der Waals surface area (Å²) in [7, 11) is 0. The Bertz CT molecular complexity index is 1250. The molecule has 0 aliphatic carbocycles. The highest BCUT2D eigenvalue weighted by atomic mass is 32.1. The average Bonchev–Trinajstić information content (AvgIpc) is 2.93. The van der Waals surface area contributed by atoms with Crippen molar-refractivity contribution in [2.45, 2.75) is 6.42 Å². The summed E-state index contributed by atoms with van der Waals surface area (Å²) in [5.74, 6) is -0.354. The van der Waals surface area contributed by atoms with Crippen LogP contribution >= 0.6 is 11.3 Å². The zero-order valence-electron chi connectivity index (χ0n) is 13.4. The number of fused-ring (bicyclic) bond motifs is 1. The van der Waals surface area contributed by atoms with Gasteiger partial charge in [-0.1, -0.05) is 53.8 Å². The Morgan fingerprint density at radius 1 is 1.04 bits per heavy atom. The van der Waals surface area contributed by atoms with Gasteiger partial charge in [-0.2, -0.15) is 14.6 Å². The third kappa shape index (κ3) is 3.16. The fourth-order valence-corrected chi connectivity index (χ4v) is 3.45. The monoisotopic (exact) mass is 365 g/mol. The second kappa shape index (κ2) is 6.61. The summed E-state index contributed by atoms with van der Waals surface area (Å²) in [6, 6.07) is 15.2. The predicted octanol–water partition coefficient (Wildman–Crippen LogP) is 1.79. The van der Waals surface area contributed by atoms with Crippen molar-refractivity contribution >= 4 is 22.4 Å². The molecule has 2 heterocycles. The first-order valence-electron chi connectivity index (χ1n) is 7.84. The highest BCUT2D eigenvalue weighted by Crippen LogP contribution is 2.07. The van der Waals surface area contributed by atoms with Gasteiger partial charge < -0.3 is 0 Å². The Hall–Kier alpha value is -3.19. The molecule has 2 aromatic heterocycles. The SMILES string of the molecule is O=c1nc2sc(=Cc3ccccc3)c(=O)n2nc1Cc1ccc(F)cc1. The first kappa shape index (κ1) is 16.3. The van der Waals surface area contributed by atoms with E-state index in [0.717, 1.165) is 27.0 Å². The van der Waals surface area contributed by atoms with Gasteiger partial charge in [-0.05, 0) is 29.3 Å². The molecule has 0 aliphatic rings. The molecule has 0 saturated carbocycles. The van der Waals surface area contributed by atoms with Gasteiger partial charge in [0.2, 0.25) is 4.96 Å². The molecular formula is C19H12FN3O2S. The number of rotatable bonds is 3. The summed E-state index contributed by atoms with van der Waals surface area (Å²) < 4.78 is 14.6. The predicted molar refractivity (Wildman–Crippen MR) is 97.8 cm³/mol. The van der Waals surface area contributed by atoms with Crippen LogP contribution < -0.4 is 15.7 Å². The molecule has 0 fully saturated rings. The van der Waals surface area contributed by atoms with Gasteiger partial charge in [0, 0.05) is 6.42 Å².